The summed E-state index contributed by atoms with van der Waals surface area (Å²) in [6.45, 7) is 10.7. The van der Waals surface area contributed by atoms with Gasteiger partial charge < -0.3 is 15.4 Å². The Morgan fingerprint density at radius 2 is 2.04 bits per heavy atom. The van der Waals surface area contributed by atoms with Gasteiger partial charge in [0.2, 0.25) is 0 Å². The molecule has 23 heavy (non-hydrogen) atoms. The van der Waals surface area contributed by atoms with Crippen LogP contribution >= 0.6 is 0 Å². The van der Waals surface area contributed by atoms with Crippen molar-refractivity contribution in [2.24, 2.45) is 0 Å². The van der Waals surface area contributed by atoms with Crippen LogP contribution in [-0.2, 0) is 4.74 Å². The third kappa shape index (κ3) is 4.84. The minimum absolute atomic E-state index is 0.275. The second kappa shape index (κ2) is 6.85. The van der Waals surface area contributed by atoms with Gasteiger partial charge in [-0.3, -0.25) is 0 Å². The lowest BCUT2D eigenvalue weighted by Gasteiger charge is -2.19. The molecular weight excluding hydrogens is 294 g/mol. The molecule has 0 spiro atoms. The van der Waals surface area contributed by atoms with E-state index < -0.39 is 11.7 Å². The van der Waals surface area contributed by atoms with Crippen molar-refractivity contribution in [3.05, 3.63) is 18.5 Å². The number of aromatic nitrogens is 3. The molecule has 0 atom stereocenters. The SMILES string of the molecule is CC(C)n1ncc2cc(NCCNC(=O)OC(C)(C)C)cnc21. The van der Waals surface area contributed by atoms with Gasteiger partial charge in [0.1, 0.15) is 5.60 Å². The van der Waals surface area contributed by atoms with Crippen LogP contribution < -0.4 is 10.6 Å². The van der Waals surface area contributed by atoms with Crippen LogP contribution in [0.1, 0.15) is 40.7 Å². The molecule has 7 heteroatoms. The van der Waals surface area contributed by atoms with Crippen molar-refractivity contribution in [1.82, 2.24) is 20.1 Å². The Labute approximate surface area is 136 Å². The smallest absolute Gasteiger partial charge is 0.407 e. The van der Waals surface area contributed by atoms with E-state index in [9.17, 15) is 4.79 Å². The number of hydrogen-bond donors (Lipinski definition) is 2. The van der Waals surface area contributed by atoms with Gasteiger partial charge in [-0.05, 0) is 40.7 Å². The number of nitrogens with one attached hydrogen (secondary N) is 2. The number of amides is 1. The number of pyridine rings is 1. The first-order valence-electron chi connectivity index (χ1n) is 7.80. The van der Waals surface area contributed by atoms with E-state index in [1.807, 2.05) is 37.7 Å². The Morgan fingerprint density at radius 1 is 1.30 bits per heavy atom. The quantitative estimate of drug-likeness (QED) is 0.828. The monoisotopic (exact) mass is 319 g/mol. The fourth-order valence-corrected chi connectivity index (χ4v) is 2.10. The number of carbonyl (C=O) groups is 1. The molecule has 0 bridgehead atoms. The fraction of sp³-hybridized carbons (Fsp3) is 0.562. The lowest BCUT2D eigenvalue weighted by atomic mass is 10.2. The van der Waals surface area contributed by atoms with Gasteiger partial charge in [0.25, 0.3) is 0 Å². The van der Waals surface area contributed by atoms with Crippen LogP contribution in [0.5, 0.6) is 0 Å². The van der Waals surface area contributed by atoms with Crippen molar-refractivity contribution in [2.75, 3.05) is 18.4 Å². The third-order valence-corrected chi connectivity index (χ3v) is 3.04. The summed E-state index contributed by atoms with van der Waals surface area (Å²) in [6.07, 6.45) is 3.18. The van der Waals surface area contributed by atoms with E-state index in [4.69, 9.17) is 4.74 Å². The number of ether oxygens (including phenoxy) is 1. The van der Waals surface area contributed by atoms with Crippen LogP contribution in [0.4, 0.5) is 10.5 Å². The molecule has 2 heterocycles. The van der Waals surface area contributed by atoms with Gasteiger partial charge in [-0.2, -0.15) is 5.10 Å². The largest absolute Gasteiger partial charge is 0.444 e. The highest BCUT2D eigenvalue weighted by molar-refractivity contribution is 5.78. The molecule has 7 nitrogen and oxygen atoms in total. The molecule has 2 rings (SSSR count). The standard InChI is InChI=1S/C16H25N5O2/c1-11(2)21-14-12(9-20-21)8-13(10-19-14)17-6-7-18-15(22)23-16(3,4)5/h8-11,17H,6-7H2,1-5H3,(H,18,22). The summed E-state index contributed by atoms with van der Waals surface area (Å²) in [6, 6.07) is 2.28. The van der Waals surface area contributed by atoms with E-state index in [2.05, 4.69) is 34.6 Å². The summed E-state index contributed by atoms with van der Waals surface area (Å²) in [4.78, 5) is 16.0. The van der Waals surface area contributed by atoms with Gasteiger partial charge in [0.15, 0.2) is 5.65 Å². The molecule has 2 aromatic heterocycles. The van der Waals surface area contributed by atoms with Gasteiger partial charge >= 0.3 is 6.09 Å². The molecule has 126 valence electrons. The van der Waals surface area contributed by atoms with Crippen molar-refractivity contribution in [3.8, 4) is 0 Å². The predicted molar refractivity (Wildman–Crippen MR) is 90.6 cm³/mol. The zero-order valence-electron chi connectivity index (χ0n) is 14.4. The lowest BCUT2D eigenvalue weighted by Crippen LogP contribution is -2.35. The number of rotatable bonds is 5. The molecule has 1 amide bonds. The minimum Gasteiger partial charge on any atom is -0.444 e. The summed E-state index contributed by atoms with van der Waals surface area (Å²) in [5, 5.41) is 11.3. The molecule has 0 aromatic carbocycles. The number of carbonyl (C=O) groups excluding carboxylic acids is 1. The van der Waals surface area contributed by atoms with Crippen LogP contribution in [0.25, 0.3) is 11.0 Å². The number of fused-ring (bicyclic) bond motifs is 1. The van der Waals surface area contributed by atoms with Crippen molar-refractivity contribution >= 4 is 22.8 Å². The van der Waals surface area contributed by atoms with Crippen molar-refractivity contribution < 1.29 is 9.53 Å². The Hall–Kier alpha value is -2.31. The predicted octanol–water partition coefficient (Wildman–Crippen LogP) is 2.95. The van der Waals surface area contributed by atoms with E-state index in [0.717, 1.165) is 16.7 Å². The van der Waals surface area contributed by atoms with E-state index in [0.29, 0.717) is 13.1 Å². The second-order valence-corrected chi connectivity index (χ2v) is 6.68. The summed E-state index contributed by atoms with van der Waals surface area (Å²) in [5.41, 5.74) is 1.28. The average molecular weight is 319 g/mol. The number of alkyl carbamates (subject to hydrolysis) is 1. The molecule has 0 saturated heterocycles. The molecule has 0 unspecified atom stereocenters. The van der Waals surface area contributed by atoms with Crippen molar-refractivity contribution in [1.29, 1.82) is 0 Å². The van der Waals surface area contributed by atoms with Crippen molar-refractivity contribution in [3.63, 3.8) is 0 Å². The molecule has 0 radical (unpaired) electrons. The van der Waals surface area contributed by atoms with Crippen molar-refractivity contribution in [2.45, 2.75) is 46.3 Å². The fourth-order valence-electron chi connectivity index (χ4n) is 2.10. The lowest BCUT2D eigenvalue weighted by molar-refractivity contribution is 0.0530. The highest BCUT2D eigenvalue weighted by Gasteiger charge is 2.15. The maximum absolute atomic E-state index is 11.5. The van der Waals surface area contributed by atoms with E-state index in [1.54, 1.807) is 6.20 Å². The summed E-state index contributed by atoms with van der Waals surface area (Å²) in [7, 11) is 0. The number of nitrogens with zero attached hydrogens (tertiary/aromatic N) is 3. The topological polar surface area (TPSA) is 81.1 Å². The number of anilines is 1. The summed E-state index contributed by atoms with van der Waals surface area (Å²) >= 11 is 0. The summed E-state index contributed by atoms with van der Waals surface area (Å²) in [5.74, 6) is 0. The van der Waals surface area contributed by atoms with Crippen LogP contribution in [0, 0.1) is 0 Å². The van der Waals surface area contributed by atoms with Crippen LogP contribution in [-0.4, -0.2) is 39.5 Å². The number of hydrogen-bond acceptors (Lipinski definition) is 5. The normalized spacial score (nSPS) is 11.7. The highest BCUT2D eigenvalue weighted by atomic mass is 16.6. The molecule has 0 saturated carbocycles. The third-order valence-electron chi connectivity index (χ3n) is 3.04. The molecular formula is C16H25N5O2. The Balaban J connectivity index is 1.85. The van der Waals surface area contributed by atoms with E-state index in [1.165, 1.54) is 0 Å². The Bertz CT molecular complexity index is 673. The average Bonchev–Trinajstić information content (AvgIpc) is 2.85. The van der Waals surface area contributed by atoms with Gasteiger partial charge in [-0.25, -0.2) is 14.5 Å². The molecule has 0 aliphatic rings. The van der Waals surface area contributed by atoms with E-state index in [-0.39, 0.29) is 6.04 Å². The second-order valence-electron chi connectivity index (χ2n) is 6.68. The van der Waals surface area contributed by atoms with Crippen LogP contribution in [0.2, 0.25) is 0 Å². The Morgan fingerprint density at radius 3 is 2.70 bits per heavy atom. The summed E-state index contributed by atoms with van der Waals surface area (Å²) < 4.78 is 7.06. The maximum Gasteiger partial charge on any atom is 0.407 e. The van der Waals surface area contributed by atoms with Gasteiger partial charge in [-0.15, -0.1) is 0 Å². The molecule has 2 N–H and O–H groups in total. The Kier molecular flexibility index (Phi) is 5.08. The van der Waals surface area contributed by atoms with Gasteiger partial charge in [-0.1, -0.05) is 0 Å². The van der Waals surface area contributed by atoms with Crippen LogP contribution in [0.15, 0.2) is 18.5 Å². The van der Waals surface area contributed by atoms with Crippen LogP contribution in [0.3, 0.4) is 0 Å². The first-order chi connectivity index (χ1) is 10.8. The van der Waals surface area contributed by atoms with Gasteiger partial charge in [0.05, 0.1) is 18.1 Å². The maximum atomic E-state index is 11.5. The molecule has 0 aliphatic heterocycles. The molecule has 0 aliphatic carbocycles. The van der Waals surface area contributed by atoms with E-state index >= 15 is 0 Å². The first kappa shape index (κ1) is 17.1. The zero-order chi connectivity index (χ0) is 17.0. The van der Waals surface area contributed by atoms with Gasteiger partial charge in [0, 0.05) is 24.5 Å². The minimum atomic E-state index is -0.483. The first-order valence-corrected chi connectivity index (χ1v) is 7.80. The molecule has 2 aromatic rings. The molecule has 0 fully saturated rings. The zero-order valence-corrected chi connectivity index (χ0v) is 14.4. The highest BCUT2D eigenvalue weighted by Crippen LogP contribution is 2.18.